The topological polar surface area (TPSA) is 93.2 Å². The lowest BCUT2D eigenvalue weighted by atomic mass is 10.2. The van der Waals surface area contributed by atoms with Gasteiger partial charge in [0.25, 0.3) is 0 Å². The summed E-state index contributed by atoms with van der Waals surface area (Å²) in [6, 6.07) is 8.89. The van der Waals surface area contributed by atoms with Crippen LogP contribution in [0.2, 0.25) is 0 Å². The van der Waals surface area contributed by atoms with Crippen LogP contribution in [0, 0.1) is 20.8 Å². The standard InChI is InChI=1S/C22H22N4O3S/c1-13-6-7-18(27)17(9-13)25-19(28)11-30-22-20-14(2)15(3)26(21(20)23-12-24-22)10-16-5-4-8-29-16/h4-9,12,27H,10-11H2,1-3H3,(H,25,28). The van der Waals surface area contributed by atoms with Crippen LogP contribution in [0.4, 0.5) is 5.69 Å². The number of aryl methyl sites for hydroxylation is 2. The molecule has 3 aromatic heterocycles. The largest absolute Gasteiger partial charge is 0.506 e. The Morgan fingerprint density at radius 1 is 1.23 bits per heavy atom. The van der Waals surface area contributed by atoms with Crippen LogP contribution >= 0.6 is 11.8 Å². The van der Waals surface area contributed by atoms with E-state index in [0.717, 1.165) is 38.6 Å². The van der Waals surface area contributed by atoms with Gasteiger partial charge in [0, 0.05) is 5.69 Å². The Morgan fingerprint density at radius 3 is 2.83 bits per heavy atom. The molecule has 0 radical (unpaired) electrons. The number of anilines is 1. The number of phenols is 1. The first-order chi connectivity index (χ1) is 14.4. The molecule has 4 aromatic rings. The molecule has 2 N–H and O–H groups in total. The summed E-state index contributed by atoms with van der Waals surface area (Å²) >= 11 is 1.35. The highest BCUT2D eigenvalue weighted by Crippen LogP contribution is 2.32. The molecule has 0 atom stereocenters. The summed E-state index contributed by atoms with van der Waals surface area (Å²) < 4.78 is 7.59. The Kier molecular flexibility index (Phi) is 5.50. The van der Waals surface area contributed by atoms with E-state index in [9.17, 15) is 9.90 Å². The number of rotatable bonds is 6. The first-order valence-corrected chi connectivity index (χ1v) is 10.5. The van der Waals surface area contributed by atoms with Crippen LogP contribution in [-0.2, 0) is 11.3 Å². The molecule has 0 saturated carbocycles. The number of thioether (sulfide) groups is 1. The lowest BCUT2D eigenvalue weighted by molar-refractivity contribution is -0.113. The van der Waals surface area contributed by atoms with Crippen LogP contribution < -0.4 is 5.32 Å². The average Bonchev–Trinajstić information content (AvgIpc) is 3.32. The predicted octanol–water partition coefficient (Wildman–Crippen LogP) is 4.43. The predicted molar refractivity (Wildman–Crippen MR) is 117 cm³/mol. The fourth-order valence-electron chi connectivity index (χ4n) is 3.37. The van der Waals surface area contributed by atoms with Crippen molar-refractivity contribution < 1.29 is 14.3 Å². The van der Waals surface area contributed by atoms with E-state index in [0.29, 0.717) is 12.2 Å². The van der Waals surface area contributed by atoms with Crippen LogP contribution in [0.15, 0.2) is 52.4 Å². The molecule has 0 aliphatic rings. The van der Waals surface area contributed by atoms with Gasteiger partial charge in [0.15, 0.2) is 0 Å². The van der Waals surface area contributed by atoms with E-state index in [2.05, 4.69) is 19.9 Å². The molecule has 1 amide bonds. The van der Waals surface area contributed by atoms with Gasteiger partial charge in [-0.05, 0) is 56.2 Å². The smallest absolute Gasteiger partial charge is 0.234 e. The monoisotopic (exact) mass is 422 g/mol. The lowest BCUT2D eigenvalue weighted by Crippen LogP contribution is -2.14. The van der Waals surface area contributed by atoms with Gasteiger partial charge in [-0.3, -0.25) is 4.79 Å². The number of aromatic nitrogens is 3. The van der Waals surface area contributed by atoms with E-state index in [1.54, 1.807) is 24.5 Å². The van der Waals surface area contributed by atoms with Gasteiger partial charge in [-0.2, -0.15) is 0 Å². The summed E-state index contributed by atoms with van der Waals surface area (Å²) in [7, 11) is 0. The van der Waals surface area contributed by atoms with Gasteiger partial charge in [-0.15, -0.1) is 0 Å². The van der Waals surface area contributed by atoms with Gasteiger partial charge in [0.05, 0.1) is 29.6 Å². The van der Waals surface area contributed by atoms with E-state index in [1.807, 2.05) is 32.9 Å². The number of phenolic OH excluding ortho intramolecular Hbond substituents is 1. The molecule has 0 bridgehead atoms. The summed E-state index contributed by atoms with van der Waals surface area (Å²) in [5.41, 5.74) is 4.34. The van der Waals surface area contributed by atoms with Crippen molar-refractivity contribution in [3.63, 3.8) is 0 Å². The van der Waals surface area contributed by atoms with Crippen molar-refractivity contribution in [3.05, 3.63) is 65.5 Å². The van der Waals surface area contributed by atoms with Crippen molar-refractivity contribution in [2.24, 2.45) is 0 Å². The molecular weight excluding hydrogens is 400 g/mol. The van der Waals surface area contributed by atoms with Gasteiger partial charge < -0.3 is 19.4 Å². The first kappa shape index (κ1) is 20.0. The highest BCUT2D eigenvalue weighted by atomic mass is 32.2. The SMILES string of the molecule is Cc1ccc(O)c(NC(=O)CSc2ncnc3c2c(C)c(C)n3Cc2ccco2)c1. The van der Waals surface area contributed by atoms with Gasteiger partial charge in [-0.1, -0.05) is 17.8 Å². The Labute approximate surface area is 178 Å². The number of amides is 1. The Hall–Kier alpha value is -3.26. The molecule has 154 valence electrons. The van der Waals surface area contributed by atoms with Crippen LogP contribution in [0.1, 0.15) is 22.6 Å². The molecule has 0 saturated heterocycles. The molecule has 3 heterocycles. The third kappa shape index (κ3) is 3.91. The summed E-state index contributed by atoms with van der Waals surface area (Å²) in [6.45, 7) is 6.56. The van der Waals surface area contributed by atoms with Gasteiger partial charge in [-0.25, -0.2) is 9.97 Å². The lowest BCUT2D eigenvalue weighted by Gasteiger charge is -2.08. The number of carbonyl (C=O) groups is 1. The van der Waals surface area contributed by atoms with Crippen molar-refractivity contribution in [1.82, 2.24) is 14.5 Å². The molecule has 7 nitrogen and oxygen atoms in total. The van der Waals surface area contributed by atoms with Crippen LogP contribution in [0.25, 0.3) is 11.0 Å². The Morgan fingerprint density at radius 2 is 2.07 bits per heavy atom. The second kappa shape index (κ2) is 8.23. The first-order valence-electron chi connectivity index (χ1n) is 9.49. The zero-order valence-electron chi connectivity index (χ0n) is 17.0. The highest BCUT2D eigenvalue weighted by Gasteiger charge is 2.18. The normalized spacial score (nSPS) is 11.2. The van der Waals surface area contributed by atoms with Crippen LogP contribution in [0.3, 0.4) is 0 Å². The van der Waals surface area contributed by atoms with Gasteiger partial charge in [0.1, 0.15) is 28.5 Å². The zero-order valence-corrected chi connectivity index (χ0v) is 17.8. The van der Waals surface area contributed by atoms with E-state index < -0.39 is 0 Å². The number of furan rings is 1. The van der Waals surface area contributed by atoms with E-state index >= 15 is 0 Å². The minimum atomic E-state index is -0.211. The van der Waals surface area contributed by atoms with E-state index in [4.69, 9.17) is 4.42 Å². The third-order valence-corrected chi connectivity index (χ3v) is 6.02. The molecular formula is C22H22N4O3S. The molecule has 4 rings (SSSR count). The van der Waals surface area contributed by atoms with Crippen LogP contribution in [-0.4, -0.2) is 31.3 Å². The van der Waals surface area contributed by atoms with Crippen molar-refractivity contribution in [2.75, 3.05) is 11.1 Å². The molecule has 0 unspecified atom stereocenters. The quantitative estimate of drug-likeness (QED) is 0.271. The van der Waals surface area contributed by atoms with Crippen molar-refractivity contribution in [2.45, 2.75) is 32.3 Å². The Balaban J connectivity index is 1.56. The maximum atomic E-state index is 12.4. The number of hydrogen-bond acceptors (Lipinski definition) is 6. The molecule has 1 aromatic carbocycles. The second-order valence-electron chi connectivity index (χ2n) is 7.11. The fourth-order valence-corrected chi connectivity index (χ4v) is 4.22. The maximum absolute atomic E-state index is 12.4. The summed E-state index contributed by atoms with van der Waals surface area (Å²) in [5.74, 6) is 0.850. The number of nitrogens with one attached hydrogen (secondary N) is 1. The molecule has 0 aliphatic heterocycles. The van der Waals surface area contributed by atoms with Gasteiger partial charge >= 0.3 is 0 Å². The van der Waals surface area contributed by atoms with Crippen molar-refractivity contribution in [1.29, 1.82) is 0 Å². The molecule has 0 fully saturated rings. The second-order valence-corrected chi connectivity index (χ2v) is 8.07. The Bertz CT molecular complexity index is 1220. The van der Waals surface area contributed by atoms with Crippen molar-refractivity contribution in [3.8, 4) is 5.75 Å². The fraction of sp³-hybridized carbons (Fsp3) is 0.227. The van der Waals surface area contributed by atoms with E-state index in [1.165, 1.54) is 18.1 Å². The minimum absolute atomic E-state index is 0.0462. The highest BCUT2D eigenvalue weighted by molar-refractivity contribution is 8.00. The molecule has 0 aliphatic carbocycles. The number of nitrogens with zero attached hydrogens (tertiary/aromatic N) is 3. The maximum Gasteiger partial charge on any atom is 0.234 e. The number of hydrogen-bond donors (Lipinski definition) is 2. The van der Waals surface area contributed by atoms with E-state index in [-0.39, 0.29) is 17.4 Å². The number of aromatic hydroxyl groups is 1. The molecule has 30 heavy (non-hydrogen) atoms. The summed E-state index contributed by atoms with van der Waals surface area (Å²) in [5, 5.41) is 14.4. The van der Waals surface area contributed by atoms with Gasteiger partial charge in [0.2, 0.25) is 5.91 Å². The van der Waals surface area contributed by atoms with Crippen LogP contribution in [0.5, 0.6) is 5.75 Å². The number of carbonyl (C=O) groups excluding carboxylic acids is 1. The molecule has 8 heteroatoms. The minimum Gasteiger partial charge on any atom is -0.506 e. The number of fused-ring (bicyclic) bond motifs is 1. The van der Waals surface area contributed by atoms with Crippen molar-refractivity contribution >= 4 is 34.4 Å². The third-order valence-electron chi connectivity index (χ3n) is 5.03. The summed E-state index contributed by atoms with van der Waals surface area (Å²) in [4.78, 5) is 21.3. The summed E-state index contributed by atoms with van der Waals surface area (Å²) in [6.07, 6.45) is 3.18. The molecule has 0 spiro atoms. The average molecular weight is 423 g/mol. The zero-order chi connectivity index (χ0) is 21.3. The number of benzene rings is 1.